The second-order valence-corrected chi connectivity index (χ2v) is 9.58. The fourth-order valence-corrected chi connectivity index (χ4v) is 4.12. The van der Waals surface area contributed by atoms with Crippen LogP contribution in [0, 0.1) is 0 Å². The summed E-state index contributed by atoms with van der Waals surface area (Å²) in [7, 11) is -3.45. The molecule has 3 rings (SSSR count). The molecule has 0 unspecified atom stereocenters. The zero-order chi connectivity index (χ0) is 21.9. The number of amides is 1. The number of aromatic nitrogens is 2. The number of benzene rings is 1. The standard InChI is InChI=1S/C19H25N5O5S/c1-30(28,29)13-7-5-6-12(10-13)22-16-14(15(20)25)17(26)24-18(23-16)21-11-19(27)8-3-2-4-9-19/h5-7,10,27H,2-4,8-9,11H2,1H3,(H2,20,25)(H3,21,22,23,24,26). The monoisotopic (exact) mass is 435 g/mol. The largest absolute Gasteiger partial charge is 0.388 e. The third kappa shape index (κ3) is 5.16. The van der Waals surface area contributed by atoms with E-state index in [-0.39, 0.29) is 28.8 Å². The molecule has 1 aliphatic rings. The Hall–Kier alpha value is -2.92. The molecule has 10 nitrogen and oxygen atoms in total. The molecule has 162 valence electrons. The third-order valence-electron chi connectivity index (χ3n) is 5.06. The van der Waals surface area contributed by atoms with Crippen LogP contribution in [0.4, 0.5) is 17.5 Å². The molecule has 0 atom stereocenters. The van der Waals surface area contributed by atoms with Crippen LogP contribution in [0.2, 0.25) is 0 Å². The van der Waals surface area contributed by atoms with E-state index >= 15 is 0 Å². The molecule has 0 saturated heterocycles. The number of aromatic amines is 1. The number of primary amides is 1. The molecule has 0 spiro atoms. The van der Waals surface area contributed by atoms with E-state index in [1.165, 1.54) is 18.2 Å². The maximum Gasteiger partial charge on any atom is 0.267 e. The second-order valence-electron chi connectivity index (χ2n) is 7.57. The number of carbonyl (C=O) groups is 1. The molecule has 6 N–H and O–H groups in total. The molecule has 0 bridgehead atoms. The van der Waals surface area contributed by atoms with Gasteiger partial charge in [-0.1, -0.05) is 25.3 Å². The van der Waals surface area contributed by atoms with Crippen LogP contribution in [-0.4, -0.2) is 47.8 Å². The fraction of sp³-hybridized carbons (Fsp3) is 0.421. The molecule has 1 amide bonds. The lowest BCUT2D eigenvalue weighted by Gasteiger charge is -2.32. The first-order chi connectivity index (χ1) is 14.1. The van der Waals surface area contributed by atoms with Crippen LogP contribution >= 0.6 is 0 Å². The predicted molar refractivity (Wildman–Crippen MR) is 113 cm³/mol. The highest BCUT2D eigenvalue weighted by molar-refractivity contribution is 7.90. The number of hydrogen-bond donors (Lipinski definition) is 5. The van der Waals surface area contributed by atoms with Gasteiger partial charge in [-0.05, 0) is 31.0 Å². The molecule has 1 heterocycles. The number of nitrogens with two attached hydrogens (primary N) is 1. The highest BCUT2D eigenvalue weighted by atomic mass is 32.2. The van der Waals surface area contributed by atoms with E-state index in [0.717, 1.165) is 25.5 Å². The quantitative estimate of drug-likeness (QED) is 0.431. The maximum atomic E-state index is 12.4. The first-order valence-electron chi connectivity index (χ1n) is 9.55. The Kier molecular flexibility index (Phi) is 6.13. The lowest BCUT2D eigenvalue weighted by molar-refractivity contribution is 0.0165. The molecule has 0 aliphatic heterocycles. The number of anilines is 3. The van der Waals surface area contributed by atoms with Gasteiger partial charge in [-0.25, -0.2) is 8.42 Å². The lowest BCUT2D eigenvalue weighted by atomic mass is 9.85. The summed E-state index contributed by atoms with van der Waals surface area (Å²) in [4.78, 5) is 30.9. The first-order valence-corrected chi connectivity index (χ1v) is 11.4. The Bertz CT molecular complexity index is 1110. The van der Waals surface area contributed by atoms with Gasteiger partial charge in [0.05, 0.1) is 10.5 Å². The van der Waals surface area contributed by atoms with Gasteiger partial charge in [-0.3, -0.25) is 14.6 Å². The third-order valence-corrected chi connectivity index (χ3v) is 6.17. The molecule has 1 aromatic carbocycles. The summed E-state index contributed by atoms with van der Waals surface area (Å²) in [6.45, 7) is 0.189. The van der Waals surface area contributed by atoms with Crippen molar-refractivity contribution in [3.63, 3.8) is 0 Å². The Labute approximate surface area is 173 Å². The Balaban J connectivity index is 1.91. The highest BCUT2D eigenvalue weighted by Crippen LogP contribution is 2.28. The summed E-state index contributed by atoms with van der Waals surface area (Å²) in [5.74, 6) is -1.04. The van der Waals surface area contributed by atoms with Crippen LogP contribution in [0.3, 0.4) is 0 Å². The molecule has 0 radical (unpaired) electrons. The summed E-state index contributed by atoms with van der Waals surface area (Å²) in [6.07, 6.45) is 5.29. The molecule has 11 heteroatoms. The molecule has 1 fully saturated rings. The topological polar surface area (TPSA) is 167 Å². The van der Waals surface area contributed by atoms with Gasteiger partial charge in [0, 0.05) is 18.5 Å². The van der Waals surface area contributed by atoms with Crippen molar-refractivity contribution in [2.45, 2.75) is 42.6 Å². The zero-order valence-corrected chi connectivity index (χ0v) is 17.4. The number of aliphatic hydroxyl groups is 1. The van der Waals surface area contributed by atoms with Gasteiger partial charge in [0.15, 0.2) is 15.7 Å². The van der Waals surface area contributed by atoms with E-state index in [1.54, 1.807) is 6.07 Å². The highest BCUT2D eigenvalue weighted by Gasteiger charge is 2.29. The Morgan fingerprint density at radius 1 is 1.30 bits per heavy atom. The van der Waals surface area contributed by atoms with Gasteiger partial charge < -0.3 is 21.5 Å². The van der Waals surface area contributed by atoms with Crippen molar-refractivity contribution in [3.8, 4) is 0 Å². The zero-order valence-electron chi connectivity index (χ0n) is 16.6. The number of carbonyl (C=O) groups excluding carboxylic acids is 1. The van der Waals surface area contributed by atoms with Crippen LogP contribution in [0.25, 0.3) is 0 Å². The van der Waals surface area contributed by atoms with Crippen molar-refractivity contribution >= 4 is 33.2 Å². The van der Waals surface area contributed by atoms with Gasteiger partial charge in [-0.2, -0.15) is 4.98 Å². The minimum Gasteiger partial charge on any atom is -0.388 e. The van der Waals surface area contributed by atoms with E-state index in [4.69, 9.17) is 5.73 Å². The SMILES string of the molecule is CS(=O)(=O)c1cccc(Nc2nc(NCC3(O)CCCCC3)[nH]c(=O)c2C(N)=O)c1. The number of rotatable bonds is 7. The molecule has 1 aromatic heterocycles. The van der Waals surface area contributed by atoms with Crippen LogP contribution in [-0.2, 0) is 9.84 Å². The van der Waals surface area contributed by atoms with Crippen LogP contribution in [0.1, 0.15) is 42.5 Å². The van der Waals surface area contributed by atoms with Crippen molar-refractivity contribution in [2.24, 2.45) is 5.73 Å². The number of nitrogens with one attached hydrogen (secondary N) is 3. The van der Waals surface area contributed by atoms with Gasteiger partial charge in [0.2, 0.25) is 5.95 Å². The average Bonchev–Trinajstić information content (AvgIpc) is 2.66. The molecule has 1 aliphatic carbocycles. The maximum absolute atomic E-state index is 12.4. The summed E-state index contributed by atoms with van der Waals surface area (Å²) in [5, 5.41) is 16.3. The smallest absolute Gasteiger partial charge is 0.267 e. The number of sulfone groups is 1. The average molecular weight is 436 g/mol. The van der Waals surface area contributed by atoms with Crippen LogP contribution in [0.5, 0.6) is 0 Å². The summed E-state index contributed by atoms with van der Waals surface area (Å²) in [5.41, 5.74) is 3.62. The number of H-pyrrole nitrogens is 1. The molecular formula is C19H25N5O5S. The van der Waals surface area contributed by atoms with E-state index in [9.17, 15) is 23.1 Å². The van der Waals surface area contributed by atoms with Crippen molar-refractivity contribution in [1.82, 2.24) is 9.97 Å². The second kappa shape index (κ2) is 8.44. The Morgan fingerprint density at radius 3 is 2.63 bits per heavy atom. The van der Waals surface area contributed by atoms with Gasteiger partial charge >= 0.3 is 0 Å². The number of hydrogen-bond acceptors (Lipinski definition) is 8. The van der Waals surface area contributed by atoms with E-state index in [1.807, 2.05) is 0 Å². The van der Waals surface area contributed by atoms with E-state index < -0.39 is 26.9 Å². The fourth-order valence-electron chi connectivity index (χ4n) is 3.45. The molecule has 30 heavy (non-hydrogen) atoms. The van der Waals surface area contributed by atoms with Crippen molar-refractivity contribution in [3.05, 3.63) is 40.2 Å². The van der Waals surface area contributed by atoms with Gasteiger partial charge in [0.1, 0.15) is 5.56 Å². The first kappa shape index (κ1) is 21.8. The van der Waals surface area contributed by atoms with Gasteiger partial charge in [-0.15, -0.1) is 0 Å². The van der Waals surface area contributed by atoms with Crippen molar-refractivity contribution in [1.29, 1.82) is 0 Å². The lowest BCUT2D eigenvalue weighted by Crippen LogP contribution is -2.39. The summed E-state index contributed by atoms with van der Waals surface area (Å²) >= 11 is 0. The van der Waals surface area contributed by atoms with Gasteiger partial charge in [0.25, 0.3) is 11.5 Å². The Morgan fingerprint density at radius 2 is 2.00 bits per heavy atom. The predicted octanol–water partition coefficient (Wildman–Crippen LogP) is 1.12. The molecule has 2 aromatic rings. The van der Waals surface area contributed by atoms with E-state index in [2.05, 4.69) is 20.6 Å². The number of nitrogens with zero attached hydrogens (tertiary/aromatic N) is 1. The van der Waals surface area contributed by atoms with Crippen LogP contribution in [0.15, 0.2) is 34.0 Å². The van der Waals surface area contributed by atoms with E-state index in [0.29, 0.717) is 18.5 Å². The van der Waals surface area contributed by atoms with Crippen LogP contribution < -0.4 is 21.9 Å². The summed E-state index contributed by atoms with van der Waals surface area (Å²) in [6, 6.07) is 5.88. The normalized spacial score (nSPS) is 16.1. The molecule has 1 saturated carbocycles. The minimum absolute atomic E-state index is 0.0609. The van der Waals surface area contributed by atoms with Crippen molar-refractivity contribution < 1.29 is 18.3 Å². The molecular weight excluding hydrogens is 410 g/mol. The van der Waals surface area contributed by atoms with Crippen molar-refractivity contribution in [2.75, 3.05) is 23.4 Å². The minimum atomic E-state index is -3.45. The summed E-state index contributed by atoms with van der Waals surface area (Å²) < 4.78 is 23.6.